The van der Waals surface area contributed by atoms with Crippen LogP contribution in [-0.4, -0.2) is 12.5 Å². The number of rotatable bonds is 2. The maximum atomic E-state index is 13.1. The first-order chi connectivity index (χ1) is 10.1. The summed E-state index contributed by atoms with van der Waals surface area (Å²) in [5.41, 5.74) is 1.20. The van der Waals surface area contributed by atoms with Crippen molar-refractivity contribution in [3.05, 3.63) is 59.7 Å². The summed E-state index contributed by atoms with van der Waals surface area (Å²) in [4.78, 5) is 12.2. The predicted molar refractivity (Wildman–Crippen MR) is 74.1 cm³/mol. The van der Waals surface area contributed by atoms with Crippen LogP contribution < -0.4 is 10.1 Å². The molecule has 0 radical (unpaired) electrons. The van der Waals surface area contributed by atoms with Gasteiger partial charge in [0.1, 0.15) is 12.4 Å². The number of anilines is 1. The van der Waals surface area contributed by atoms with Gasteiger partial charge in [0, 0.05) is 11.8 Å². The Hall–Kier alpha value is -2.43. The van der Waals surface area contributed by atoms with Gasteiger partial charge in [0.25, 0.3) is 0 Å². The van der Waals surface area contributed by atoms with E-state index in [1.165, 1.54) is 6.07 Å². The SMILES string of the molecule is O=C(Nc1ccc(F)c(F)c1)C1COc2ccccc2C1. The quantitative estimate of drug-likeness (QED) is 0.922. The van der Waals surface area contributed by atoms with E-state index in [4.69, 9.17) is 4.74 Å². The molecule has 1 heterocycles. The van der Waals surface area contributed by atoms with Gasteiger partial charge in [-0.25, -0.2) is 8.78 Å². The molecule has 2 aromatic carbocycles. The van der Waals surface area contributed by atoms with Crippen LogP contribution in [0, 0.1) is 17.6 Å². The Morgan fingerprint density at radius 1 is 1.14 bits per heavy atom. The van der Waals surface area contributed by atoms with Crippen molar-refractivity contribution < 1.29 is 18.3 Å². The Morgan fingerprint density at radius 2 is 1.95 bits per heavy atom. The minimum atomic E-state index is -0.988. The molecule has 0 fully saturated rings. The molecule has 0 spiro atoms. The summed E-state index contributed by atoms with van der Waals surface area (Å²) in [7, 11) is 0. The lowest BCUT2D eigenvalue weighted by Gasteiger charge is -2.24. The van der Waals surface area contributed by atoms with E-state index in [0.29, 0.717) is 6.42 Å². The van der Waals surface area contributed by atoms with Crippen molar-refractivity contribution in [2.75, 3.05) is 11.9 Å². The third kappa shape index (κ3) is 2.86. The van der Waals surface area contributed by atoms with Crippen molar-refractivity contribution in [1.29, 1.82) is 0 Å². The second-order valence-electron chi connectivity index (χ2n) is 4.94. The van der Waals surface area contributed by atoms with Crippen molar-refractivity contribution in [2.45, 2.75) is 6.42 Å². The summed E-state index contributed by atoms with van der Waals surface area (Å²) in [5, 5.41) is 2.58. The van der Waals surface area contributed by atoms with Gasteiger partial charge in [-0.15, -0.1) is 0 Å². The van der Waals surface area contributed by atoms with E-state index in [2.05, 4.69) is 5.32 Å². The Labute approximate surface area is 120 Å². The third-order valence-electron chi connectivity index (χ3n) is 3.44. The molecule has 1 amide bonds. The second kappa shape index (κ2) is 5.52. The topological polar surface area (TPSA) is 38.3 Å². The van der Waals surface area contributed by atoms with E-state index in [9.17, 15) is 13.6 Å². The molecule has 3 nitrogen and oxygen atoms in total. The average molecular weight is 289 g/mol. The van der Waals surface area contributed by atoms with Gasteiger partial charge in [0.05, 0.1) is 5.92 Å². The van der Waals surface area contributed by atoms with Crippen LogP contribution in [0.15, 0.2) is 42.5 Å². The van der Waals surface area contributed by atoms with Gasteiger partial charge in [-0.1, -0.05) is 18.2 Å². The van der Waals surface area contributed by atoms with Crippen molar-refractivity contribution in [1.82, 2.24) is 0 Å². The summed E-state index contributed by atoms with van der Waals surface area (Å²) >= 11 is 0. The van der Waals surface area contributed by atoms with Crippen LogP contribution in [0.25, 0.3) is 0 Å². The first-order valence-corrected chi connectivity index (χ1v) is 6.60. The fourth-order valence-electron chi connectivity index (χ4n) is 2.31. The van der Waals surface area contributed by atoms with Crippen LogP contribution in [0.5, 0.6) is 5.75 Å². The molecular formula is C16H13F2NO2. The number of nitrogens with one attached hydrogen (secondary N) is 1. The molecule has 1 atom stereocenters. The number of para-hydroxylation sites is 1. The van der Waals surface area contributed by atoms with E-state index in [1.54, 1.807) is 0 Å². The number of halogens is 2. The second-order valence-corrected chi connectivity index (χ2v) is 4.94. The van der Waals surface area contributed by atoms with Crippen LogP contribution in [0.2, 0.25) is 0 Å². The third-order valence-corrected chi connectivity index (χ3v) is 3.44. The normalized spacial score (nSPS) is 16.8. The summed E-state index contributed by atoms with van der Waals surface area (Å²) in [6, 6.07) is 10.8. The lowest BCUT2D eigenvalue weighted by Crippen LogP contribution is -2.32. The Bertz CT molecular complexity index is 688. The number of carbonyl (C=O) groups excluding carboxylic acids is 1. The molecule has 0 aromatic heterocycles. The molecule has 0 saturated heterocycles. The van der Waals surface area contributed by atoms with E-state index in [-0.39, 0.29) is 24.1 Å². The fourth-order valence-corrected chi connectivity index (χ4v) is 2.31. The molecular weight excluding hydrogens is 276 g/mol. The molecule has 0 aliphatic carbocycles. The molecule has 1 aliphatic rings. The molecule has 3 rings (SSSR count). The van der Waals surface area contributed by atoms with E-state index >= 15 is 0 Å². The molecule has 21 heavy (non-hydrogen) atoms. The summed E-state index contributed by atoms with van der Waals surface area (Å²) in [6.07, 6.45) is 0.561. The molecule has 2 aromatic rings. The summed E-state index contributed by atoms with van der Waals surface area (Å²) in [6.45, 7) is 0.270. The van der Waals surface area contributed by atoms with Crippen molar-refractivity contribution in [2.24, 2.45) is 5.92 Å². The lowest BCUT2D eigenvalue weighted by atomic mass is 9.96. The Kier molecular flexibility index (Phi) is 3.56. The number of fused-ring (bicyclic) bond motifs is 1. The van der Waals surface area contributed by atoms with Crippen molar-refractivity contribution in [3.8, 4) is 5.75 Å². The first kappa shape index (κ1) is 13.5. The maximum Gasteiger partial charge on any atom is 0.231 e. The molecule has 5 heteroatoms. The fraction of sp³-hybridized carbons (Fsp3) is 0.188. The van der Waals surface area contributed by atoms with Crippen molar-refractivity contribution >= 4 is 11.6 Å². The predicted octanol–water partition coefficient (Wildman–Crippen LogP) is 3.15. The van der Waals surface area contributed by atoms with E-state index in [1.807, 2.05) is 24.3 Å². The molecule has 0 saturated carbocycles. The smallest absolute Gasteiger partial charge is 0.231 e. The Balaban J connectivity index is 1.70. The van der Waals surface area contributed by atoms with Gasteiger partial charge in [-0.2, -0.15) is 0 Å². The van der Waals surface area contributed by atoms with Gasteiger partial charge < -0.3 is 10.1 Å². The van der Waals surface area contributed by atoms with Gasteiger partial charge in [0.2, 0.25) is 5.91 Å². The largest absolute Gasteiger partial charge is 0.492 e. The monoisotopic (exact) mass is 289 g/mol. The number of amides is 1. The minimum Gasteiger partial charge on any atom is -0.492 e. The van der Waals surface area contributed by atoms with Crippen LogP contribution in [-0.2, 0) is 11.2 Å². The molecule has 1 aliphatic heterocycles. The molecule has 1 N–H and O–H groups in total. The first-order valence-electron chi connectivity index (χ1n) is 6.60. The number of hydrogen-bond acceptors (Lipinski definition) is 2. The summed E-state index contributed by atoms with van der Waals surface area (Å²) < 4.78 is 31.5. The highest BCUT2D eigenvalue weighted by Gasteiger charge is 2.25. The highest BCUT2D eigenvalue weighted by Crippen LogP contribution is 2.27. The van der Waals surface area contributed by atoms with Crippen LogP contribution in [0.4, 0.5) is 14.5 Å². The minimum absolute atomic E-state index is 0.234. The van der Waals surface area contributed by atoms with Gasteiger partial charge in [-0.05, 0) is 30.2 Å². The lowest BCUT2D eigenvalue weighted by molar-refractivity contribution is -0.121. The zero-order valence-corrected chi connectivity index (χ0v) is 11.1. The standard InChI is InChI=1S/C16H13F2NO2/c17-13-6-5-12(8-14(13)18)19-16(20)11-7-10-3-1-2-4-15(10)21-9-11/h1-6,8,11H,7,9H2,(H,19,20). The van der Waals surface area contributed by atoms with Gasteiger partial charge >= 0.3 is 0 Å². The number of benzene rings is 2. The molecule has 108 valence electrons. The van der Waals surface area contributed by atoms with E-state index < -0.39 is 11.6 Å². The van der Waals surface area contributed by atoms with Crippen molar-refractivity contribution in [3.63, 3.8) is 0 Å². The number of carbonyl (C=O) groups is 1. The molecule has 0 bridgehead atoms. The number of ether oxygens (including phenoxy) is 1. The highest BCUT2D eigenvalue weighted by atomic mass is 19.2. The number of hydrogen-bond donors (Lipinski definition) is 1. The zero-order chi connectivity index (χ0) is 14.8. The highest BCUT2D eigenvalue weighted by molar-refractivity contribution is 5.93. The van der Waals surface area contributed by atoms with E-state index in [0.717, 1.165) is 23.4 Å². The van der Waals surface area contributed by atoms with Crippen LogP contribution in [0.1, 0.15) is 5.56 Å². The summed E-state index contributed by atoms with van der Waals surface area (Å²) in [5.74, 6) is -1.76. The zero-order valence-electron chi connectivity index (χ0n) is 11.1. The Morgan fingerprint density at radius 3 is 2.76 bits per heavy atom. The van der Waals surface area contributed by atoms with Gasteiger partial charge in [0.15, 0.2) is 11.6 Å². The van der Waals surface area contributed by atoms with Gasteiger partial charge in [-0.3, -0.25) is 4.79 Å². The van der Waals surface area contributed by atoms with Crippen LogP contribution >= 0.6 is 0 Å². The maximum absolute atomic E-state index is 13.1. The molecule has 1 unspecified atom stereocenters. The van der Waals surface area contributed by atoms with Crippen LogP contribution in [0.3, 0.4) is 0 Å². The average Bonchev–Trinajstić information content (AvgIpc) is 2.50.